The third kappa shape index (κ3) is 3.54. The second kappa shape index (κ2) is 7.39. The monoisotopic (exact) mass is 376 g/mol. The van der Waals surface area contributed by atoms with Gasteiger partial charge in [-0.3, -0.25) is 4.79 Å². The van der Waals surface area contributed by atoms with Crippen LogP contribution in [0.3, 0.4) is 0 Å². The number of hydrogen-bond donors (Lipinski definition) is 2. The fourth-order valence-electron chi connectivity index (χ4n) is 3.09. The summed E-state index contributed by atoms with van der Waals surface area (Å²) in [6.45, 7) is 3.69. The SMILES string of the molecule is CC1(N)CCN(c2cnn3c(-c4ccccc4Cl)coc23)CC1.O=CO. The number of fused-ring (bicyclic) bond motifs is 1. The quantitative estimate of drug-likeness (QED) is 0.666. The molecule has 0 amide bonds. The number of piperidine rings is 1. The molecule has 0 aliphatic carbocycles. The molecule has 0 unspecified atom stereocenters. The van der Waals surface area contributed by atoms with Gasteiger partial charge in [-0.05, 0) is 25.8 Å². The van der Waals surface area contributed by atoms with Crippen LogP contribution in [0.15, 0.2) is 41.1 Å². The molecule has 1 fully saturated rings. The lowest BCUT2D eigenvalue weighted by molar-refractivity contribution is -0.122. The van der Waals surface area contributed by atoms with Gasteiger partial charge >= 0.3 is 0 Å². The summed E-state index contributed by atoms with van der Waals surface area (Å²) in [6, 6.07) is 7.70. The van der Waals surface area contributed by atoms with E-state index in [-0.39, 0.29) is 12.0 Å². The van der Waals surface area contributed by atoms with E-state index in [4.69, 9.17) is 31.7 Å². The molecule has 4 rings (SSSR count). The molecule has 0 saturated carbocycles. The standard InChI is InChI=1S/C17H19ClN4O.CH2O2/c1-17(19)6-8-21(9-7-17)14-10-20-22-15(11-23-16(14)22)12-4-2-3-5-13(12)18;2-1-3/h2-5,10-11H,6-9,19H2,1H3;1H,(H,2,3). The lowest BCUT2D eigenvalue weighted by Crippen LogP contribution is -2.48. The Hall–Kier alpha value is -2.51. The highest BCUT2D eigenvalue weighted by molar-refractivity contribution is 6.33. The van der Waals surface area contributed by atoms with Gasteiger partial charge in [0.25, 0.3) is 6.47 Å². The van der Waals surface area contributed by atoms with Crippen LogP contribution in [-0.4, -0.2) is 39.8 Å². The first-order chi connectivity index (χ1) is 12.5. The summed E-state index contributed by atoms with van der Waals surface area (Å²) >= 11 is 6.30. The Bertz CT molecular complexity index is 893. The Morgan fingerprint density at radius 3 is 2.65 bits per heavy atom. The maximum absolute atomic E-state index is 8.36. The van der Waals surface area contributed by atoms with Crippen LogP contribution in [0, 0.1) is 0 Å². The number of halogens is 1. The highest BCUT2D eigenvalue weighted by Crippen LogP contribution is 2.33. The van der Waals surface area contributed by atoms with Gasteiger partial charge in [0.15, 0.2) is 0 Å². The smallest absolute Gasteiger partial charge is 0.290 e. The number of rotatable bonds is 2. The number of aromatic nitrogens is 2. The van der Waals surface area contributed by atoms with Crippen LogP contribution in [0.25, 0.3) is 17.0 Å². The van der Waals surface area contributed by atoms with Gasteiger partial charge in [0.05, 0.1) is 11.2 Å². The highest BCUT2D eigenvalue weighted by atomic mass is 35.5. The zero-order valence-corrected chi connectivity index (χ0v) is 15.2. The second-order valence-electron chi connectivity index (χ2n) is 6.59. The molecule has 0 radical (unpaired) electrons. The zero-order chi connectivity index (χ0) is 18.7. The van der Waals surface area contributed by atoms with Gasteiger partial charge in [-0.15, -0.1) is 0 Å². The van der Waals surface area contributed by atoms with Gasteiger partial charge in [-0.1, -0.05) is 29.8 Å². The Kier molecular flexibility index (Phi) is 5.20. The van der Waals surface area contributed by atoms with Crippen LogP contribution in [0.5, 0.6) is 0 Å². The van der Waals surface area contributed by atoms with E-state index >= 15 is 0 Å². The average Bonchev–Trinajstić information content (AvgIpc) is 3.19. The van der Waals surface area contributed by atoms with Crippen molar-refractivity contribution in [3.05, 3.63) is 41.7 Å². The molecule has 1 aliphatic rings. The van der Waals surface area contributed by atoms with E-state index < -0.39 is 0 Å². The summed E-state index contributed by atoms with van der Waals surface area (Å²) in [5, 5.41) is 12.1. The maximum Gasteiger partial charge on any atom is 0.290 e. The summed E-state index contributed by atoms with van der Waals surface area (Å²) in [4.78, 5) is 10.6. The summed E-state index contributed by atoms with van der Waals surface area (Å²) in [5.41, 5.74) is 9.68. The normalized spacial score (nSPS) is 16.2. The second-order valence-corrected chi connectivity index (χ2v) is 7.00. The van der Waals surface area contributed by atoms with Crippen LogP contribution in [0.2, 0.25) is 5.02 Å². The fraction of sp³-hybridized carbons (Fsp3) is 0.333. The first kappa shape index (κ1) is 18.3. The largest absolute Gasteiger partial charge is 0.483 e. The third-order valence-corrected chi connectivity index (χ3v) is 4.94. The van der Waals surface area contributed by atoms with Crippen LogP contribution in [-0.2, 0) is 4.79 Å². The summed E-state index contributed by atoms with van der Waals surface area (Å²) < 4.78 is 7.62. The molecule has 3 heterocycles. The molecule has 1 aromatic carbocycles. The minimum absolute atomic E-state index is 0.0747. The number of carboxylic acid groups (broad SMARTS) is 1. The minimum atomic E-state index is -0.250. The molecular weight excluding hydrogens is 356 g/mol. The van der Waals surface area contributed by atoms with Gasteiger partial charge in [0.1, 0.15) is 17.6 Å². The lowest BCUT2D eigenvalue weighted by atomic mass is 9.91. The van der Waals surface area contributed by atoms with Gasteiger partial charge in [-0.25, -0.2) is 0 Å². The summed E-state index contributed by atoms with van der Waals surface area (Å²) in [7, 11) is 0. The first-order valence-electron chi connectivity index (χ1n) is 8.28. The Labute approximate surface area is 156 Å². The van der Waals surface area contributed by atoms with E-state index in [0.717, 1.165) is 48.6 Å². The molecule has 1 saturated heterocycles. The van der Waals surface area contributed by atoms with Crippen molar-refractivity contribution in [2.24, 2.45) is 5.73 Å². The van der Waals surface area contributed by atoms with E-state index in [1.54, 1.807) is 6.26 Å². The zero-order valence-electron chi connectivity index (χ0n) is 14.4. The topological polar surface area (TPSA) is 97.0 Å². The predicted molar refractivity (Wildman–Crippen MR) is 101 cm³/mol. The van der Waals surface area contributed by atoms with Crippen molar-refractivity contribution in [1.82, 2.24) is 9.61 Å². The number of oxazole rings is 1. The highest BCUT2D eigenvalue weighted by Gasteiger charge is 2.28. The van der Waals surface area contributed by atoms with Crippen molar-refractivity contribution in [2.75, 3.05) is 18.0 Å². The van der Waals surface area contributed by atoms with Crippen molar-refractivity contribution in [2.45, 2.75) is 25.3 Å². The molecule has 1 aliphatic heterocycles. The molecule has 0 bridgehead atoms. The maximum atomic E-state index is 8.36. The lowest BCUT2D eigenvalue weighted by Gasteiger charge is -2.37. The van der Waals surface area contributed by atoms with Crippen LogP contribution in [0.4, 0.5) is 5.69 Å². The summed E-state index contributed by atoms with van der Waals surface area (Å²) in [6.07, 6.45) is 5.49. The molecule has 7 nitrogen and oxygen atoms in total. The van der Waals surface area contributed by atoms with Crippen molar-refractivity contribution < 1.29 is 14.3 Å². The molecule has 26 heavy (non-hydrogen) atoms. The van der Waals surface area contributed by atoms with Gasteiger partial charge in [0, 0.05) is 24.2 Å². The molecular formula is C18H21ClN4O3. The fourth-order valence-corrected chi connectivity index (χ4v) is 3.33. The van der Waals surface area contributed by atoms with Crippen molar-refractivity contribution in [1.29, 1.82) is 0 Å². The number of carbonyl (C=O) groups is 1. The summed E-state index contributed by atoms with van der Waals surface area (Å²) in [5.74, 6) is 0. The molecule has 0 atom stereocenters. The molecule has 3 N–H and O–H groups in total. The Morgan fingerprint density at radius 2 is 2.00 bits per heavy atom. The van der Waals surface area contributed by atoms with Crippen LogP contribution >= 0.6 is 11.6 Å². The molecule has 2 aromatic heterocycles. The van der Waals surface area contributed by atoms with Gasteiger partial charge < -0.3 is 20.2 Å². The number of hydrogen-bond acceptors (Lipinski definition) is 5. The molecule has 8 heteroatoms. The van der Waals surface area contributed by atoms with Gasteiger partial charge in [-0.2, -0.15) is 9.61 Å². The number of anilines is 1. The van der Waals surface area contributed by atoms with Crippen molar-refractivity contribution >= 4 is 29.5 Å². The minimum Gasteiger partial charge on any atom is -0.483 e. The molecule has 138 valence electrons. The average molecular weight is 377 g/mol. The van der Waals surface area contributed by atoms with Crippen molar-refractivity contribution in [3.8, 4) is 11.3 Å². The van der Waals surface area contributed by atoms with E-state index in [0.29, 0.717) is 5.02 Å². The van der Waals surface area contributed by atoms with E-state index in [9.17, 15) is 0 Å². The number of benzene rings is 1. The predicted octanol–water partition coefficient (Wildman–Crippen LogP) is 3.27. The third-order valence-electron chi connectivity index (χ3n) is 4.61. The van der Waals surface area contributed by atoms with Crippen molar-refractivity contribution in [3.63, 3.8) is 0 Å². The number of nitrogens with zero attached hydrogens (tertiary/aromatic N) is 3. The van der Waals surface area contributed by atoms with Gasteiger partial charge in [0.2, 0.25) is 5.71 Å². The van der Waals surface area contributed by atoms with Crippen LogP contribution in [0.1, 0.15) is 19.8 Å². The Balaban J connectivity index is 0.000000613. The number of nitrogens with two attached hydrogens (primary N) is 1. The van der Waals surface area contributed by atoms with E-state index in [2.05, 4.69) is 16.9 Å². The molecule has 3 aromatic rings. The Morgan fingerprint density at radius 1 is 1.35 bits per heavy atom. The first-order valence-corrected chi connectivity index (χ1v) is 8.66. The van der Waals surface area contributed by atoms with E-state index in [1.807, 2.05) is 35.0 Å². The van der Waals surface area contributed by atoms with Crippen LogP contribution < -0.4 is 10.6 Å². The molecule has 0 spiro atoms. The van der Waals surface area contributed by atoms with E-state index in [1.165, 1.54) is 0 Å².